The molecule has 1 N–H and O–H groups in total. The third kappa shape index (κ3) is 4.17. The summed E-state index contributed by atoms with van der Waals surface area (Å²) in [6.07, 6.45) is 0. The fourth-order valence-electron chi connectivity index (χ4n) is 3.93. The first-order valence-electron chi connectivity index (χ1n) is 10.4. The van der Waals surface area contributed by atoms with Crippen molar-refractivity contribution in [2.24, 2.45) is 0 Å². The summed E-state index contributed by atoms with van der Waals surface area (Å²) in [4.78, 5) is 27.9. The summed E-state index contributed by atoms with van der Waals surface area (Å²) in [6, 6.07) is 19.7. The largest absolute Gasteiger partial charge is 0.507 e. The summed E-state index contributed by atoms with van der Waals surface area (Å²) < 4.78 is 10.9. The zero-order chi connectivity index (χ0) is 23.5. The van der Waals surface area contributed by atoms with Crippen LogP contribution in [-0.4, -0.2) is 30.5 Å². The summed E-state index contributed by atoms with van der Waals surface area (Å²) in [5.41, 5.74) is 1.38. The maximum atomic E-state index is 13.3. The van der Waals surface area contributed by atoms with Crippen LogP contribution < -0.4 is 14.4 Å². The van der Waals surface area contributed by atoms with Gasteiger partial charge < -0.3 is 14.6 Å². The smallest absolute Gasteiger partial charge is 0.300 e. The molecular formula is C26H22ClNO5. The van der Waals surface area contributed by atoms with Gasteiger partial charge >= 0.3 is 0 Å². The number of hydrogen-bond donors (Lipinski definition) is 1. The molecule has 1 atom stereocenters. The minimum atomic E-state index is -0.871. The van der Waals surface area contributed by atoms with Gasteiger partial charge in [-0.25, -0.2) is 0 Å². The quantitative estimate of drug-likeness (QED) is 0.302. The van der Waals surface area contributed by atoms with E-state index in [9.17, 15) is 14.7 Å². The molecule has 7 heteroatoms. The van der Waals surface area contributed by atoms with E-state index in [0.29, 0.717) is 39.9 Å². The van der Waals surface area contributed by atoms with Crippen molar-refractivity contribution in [3.8, 4) is 11.5 Å². The Balaban J connectivity index is 1.94. The van der Waals surface area contributed by atoms with E-state index in [1.54, 1.807) is 72.8 Å². The van der Waals surface area contributed by atoms with Crippen molar-refractivity contribution in [2.45, 2.75) is 13.0 Å². The number of amides is 1. The lowest BCUT2D eigenvalue weighted by Gasteiger charge is -2.26. The van der Waals surface area contributed by atoms with E-state index in [1.807, 2.05) is 6.92 Å². The van der Waals surface area contributed by atoms with Crippen LogP contribution in [0.2, 0.25) is 5.02 Å². The number of carbonyl (C=O) groups excluding carboxylic acids is 2. The number of ether oxygens (including phenoxy) is 2. The van der Waals surface area contributed by atoms with Gasteiger partial charge in [-0.2, -0.15) is 0 Å². The lowest BCUT2D eigenvalue weighted by atomic mass is 9.95. The fourth-order valence-corrected chi connectivity index (χ4v) is 4.06. The Hall–Kier alpha value is -3.77. The zero-order valence-corrected chi connectivity index (χ0v) is 18.9. The number of benzene rings is 3. The summed E-state index contributed by atoms with van der Waals surface area (Å²) in [5.74, 6) is -0.902. The first-order valence-corrected chi connectivity index (χ1v) is 10.8. The molecule has 1 fully saturated rings. The van der Waals surface area contributed by atoms with E-state index in [2.05, 4.69) is 0 Å². The van der Waals surface area contributed by atoms with Crippen LogP contribution in [0, 0.1) is 0 Å². The Morgan fingerprint density at radius 3 is 2.45 bits per heavy atom. The molecule has 0 radical (unpaired) electrons. The Morgan fingerprint density at radius 1 is 1.03 bits per heavy atom. The molecular weight excluding hydrogens is 442 g/mol. The van der Waals surface area contributed by atoms with Crippen LogP contribution in [0.5, 0.6) is 11.5 Å². The van der Waals surface area contributed by atoms with Crippen molar-refractivity contribution < 1.29 is 24.2 Å². The van der Waals surface area contributed by atoms with Gasteiger partial charge in [-0.05, 0) is 48.9 Å². The number of carbonyl (C=O) groups is 2. The van der Waals surface area contributed by atoms with Crippen molar-refractivity contribution in [1.29, 1.82) is 0 Å². The number of nitrogens with zero attached hydrogens (tertiary/aromatic N) is 1. The van der Waals surface area contributed by atoms with E-state index in [-0.39, 0.29) is 11.3 Å². The molecule has 0 aliphatic carbocycles. The molecule has 33 heavy (non-hydrogen) atoms. The van der Waals surface area contributed by atoms with Crippen LogP contribution in [0.25, 0.3) is 5.76 Å². The van der Waals surface area contributed by atoms with Crippen LogP contribution in [-0.2, 0) is 9.59 Å². The minimum Gasteiger partial charge on any atom is -0.507 e. The number of halogens is 1. The molecule has 0 spiro atoms. The normalized spacial score (nSPS) is 17.3. The molecule has 6 nitrogen and oxygen atoms in total. The Morgan fingerprint density at radius 2 is 1.76 bits per heavy atom. The van der Waals surface area contributed by atoms with Gasteiger partial charge in [-0.3, -0.25) is 14.5 Å². The second kappa shape index (κ2) is 9.38. The molecule has 168 valence electrons. The van der Waals surface area contributed by atoms with Gasteiger partial charge in [0.05, 0.1) is 30.9 Å². The molecule has 1 unspecified atom stereocenters. The highest BCUT2D eigenvalue weighted by atomic mass is 35.5. The average Bonchev–Trinajstić information content (AvgIpc) is 3.10. The van der Waals surface area contributed by atoms with Gasteiger partial charge in [0.15, 0.2) is 0 Å². The van der Waals surface area contributed by atoms with Crippen LogP contribution in [0.15, 0.2) is 78.4 Å². The maximum absolute atomic E-state index is 13.3. The highest BCUT2D eigenvalue weighted by Crippen LogP contribution is 2.43. The number of aliphatic hydroxyl groups excluding tert-OH is 1. The number of anilines is 1. The first kappa shape index (κ1) is 22.4. The van der Waals surface area contributed by atoms with Crippen LogP contribution in [0.3, 0.4) is 0 Å². The van der Waals surface area contributed by atoms with Crippen molar-refractivity contribution in [3.05, 3.63) is 94.5 Å². The predicted molar refractivity (Wildman–Crippen MR) is 127 cm³/mol. The van der Waals surface area contributed by atoms with Crippen molar-refractivity contribution in [2.75, 3.05) is 18.6 Å². The standard InChI is InChI=1S/C26H22ClNO5/c1-3-33-19-8-6-7-18(15-19)28-23(16-11-13-17(27)14-12-16)22(25(30)26(28)31)24(29)20-9-4-5-10-21(20)32-2/h4-15,23,29H,3H2,1-2H3/b24-22+. The van der Waals surface area contributed by atoms with Crippen LogP contribution in [0.1, 0.15) is 24.1 Å². The van der Waals surface area contributed by atoms with E-state index < -0.39 is 17.7 Å². The number of rotatable bonds is 6. The Kier molecular flexibility index (Phi) is 6.38. The van der Waals surface area contributed by atoms with Crippen molar-refractivity contribution in [3.63, 3.8) is 0 Å². The number of hydrogen-bond acceptors (Lipinski definition) is 5. The number of aliphatic hydroxyl groups is 1. The fraction of sp³-hybridized carbons (Fsp3) is 0.154. The van der Waals surface area contributed by atoms with Crippen LogP contribution >= 0.6 is 11.6 Å². The zero-order valence-electron chi connectivity index (χ0n) is 18.1. The highest BCUT2D eigenvalue weighted by Gasteiger charge is 2.47. The number of ketones is 1. The van der Waals surface area contributed by atoms with Gasteiger partial charge in [-0.15, -0.1) is 0 Å². The topological polar surface area (TPSA) is 76.1 Å². The van der Waals surface area contributed by atoms with E-state index in [1.165, 1.54) is 12.0 Å². The van der Waals surface area contributed by atoms with Gasteiger partial charge in [0, 0.05) is 16.8 Å². The third-order valence-electron chi connectivity index (χ3n) is 5.40. The average molecular weight is 464 g/mol. The SMILES string of the molecule is CCOc1cccc(N2C(=O)C(=O)/C(=C(/O)c3ccccc3OC)C2c2ccc(Cl)cc2)c1. The second-order valence-electron chi connectivity index (χ2n) is 7.35. The van der Waals surface area contributed by atoms with Crippen LogP contribution in [0.4, 0.5) is 5.69 Å². The minimum absolute atomic E-state index is 0.0337. The molecule has 0 aromatic heterocycles. The number of methoxy groups -OCH3 is 1. The maximum Gasteiger partial charge on any atom is 0.300 e. The van der Waals surface area contributed by atoms with Gasteiger partial charge in [0.2, 0.25) is 0 Å². The monoisotopic (exact) mass is 463 g/mol. The Bertz CT molecular complexity index is 1240. The molecule has 1 amide bonds. The first-order chi connectivity index (χ1) is 16.0. The summed E-state index contributed by atoms with van der Waals surface area (Å²) >= 11 is 6.08. The highest BCUT2D eigenvalue weighted by molar-refractivity contribution is 6.51. The Labute approximate surface area is 196 Å². The summed E-state index contributed by atoms with van der Waals surface area (Å²) in [5, 5.41) is 11.8. The molecule has 1 aliphatic rings. The van der Waals surface area contributed by atoms with Gasteiger partial charge in [0.1, 0.15) is 17.3 Å². The molecule has 3 aromatic rings. The second-order valence-corrected chi connectivity index (χ2v) is 7.79. The van der Waals surface area contributed by atoms with E-state index in [4.69, 9.17) is 21.1 Å². The summed E-state index contributed by atoms with van der Waals surface area (Å²) in [6.45, 7) is 2.32. The number of Topliss-reactive ketones (excluding diaryl/α,β-unsaturated/α-hetero) is 1. The molecule has 1 aliphatic heterocycles. The van der Waals surface area contributed by atoms with Gasteiger partial charge in [0.25, 0.3) is 11.7 Å². The summed E-state index contributed by atoms with van der Waals surface area (Å²) in [7, 11) is 1.47. The molecule has 0 saturated carbocycles. The molecule has 0 bridgehead atoms. The lowest BCUT2D eigenvalue weighted by molar-refractivity contribution is -0.132. The molecule has 3 aromatic carbocycles. The van der Waals surface area contributed by atoms with E-state index >= 15 is 0 Å². The molecule has 1 heterocycles. The number of para-hydroxylation sites is 1. The van der Waals surface area contributed by atoms with Crippen molar-refractivity contribution in [1.82, 2.24) is 0 Å². The lowest BCUT2D eigenvalue weighted by Crippen LogP contribution is -2.29. The van der Waals surface area contributed by atoms with Gasteiger partial charge in [-0.1, -0.05) is 41.9 Å². The third-order valence-corrected chi connectivity index (χ3v) is 5.65. The van der Waals surface area contributed by atoms with Crippen molar-refractivity contribution >= 4 is 34.7 Å². The molecule has 1 saturated heterocycles. The van der Waals surface area contributed by atoms with E-state index in [0.717, 1.165) is 0 Å². The molecule has 4 rings (SSSR count). The predicted octanol–water partition coefficient (Wildman–Crippen LogP) is 5.37.